The predicted octanol–water partition coefficient (Wildman–Crippen LogP) is 1.80. The number of pyridine rings is 1. The molecule has 0 aliphatic heterocycles. The van der Waals surface area contributed by atoms with Gasteiger partial charge in [0.05, 0.1) is 11.9 Å². The predicted molar refractivity (Wildman–Crippen MR) is 36.8 cm³/mol. The van der Waals surface area contributed by atoms with Crippen LogP contribution >= 0.6 is 16.1 Å². The molecule has 1 aromatic rings. The maximum atomic E-state index is 3.86. The highest BCUT2D eigenvalue weighted by atomic mass is 79.9. The van der Waals surface area contributed by atoms with Crippen molar-refractivity contribution in [2.75, 3.05) is 4.34 Å². The Morgan fingerprint density at radius 2 is 2.50 bits per heavy atom. The van der Waals surface area contributed by atoms with Crippen molar-refractivity contribution >= 4 is 21.8 Å². The first-order chi connectivity index (χ1) is 3.93. The summed E-state index contributed by atoms with van der Waals surface area (Å²) < 4.78 is 2.78. The molecule has 2 nitrogen and oxygen atoms in total. The fourth-order valence-electron chi connectivity index (χ4n) is 0.419. The van der Waals surface area contributed by atoms with Crippen molar-refractivity contribution < 1.29 is 0 Å². The molecule has 0 aliphatic carbocycles. The maximum absolute atomic E-state index is 3.86. The average Bonchev–Trinajstić information content (AvgIpc) is 1.90. The molecule has 1 N–H and O–H groups in total. The Labute approximate surface area is 56.3 Å². The molecule has 3 heteroatoms. The Morgan fingerprint density at radius 1 is 1.62 bits per heavy atom. The summed E-state index contributed by atoms with van der Waals surface area (Å²) in [4.78, 5) is 3.86. The molecule has 0 radical (unpaired) electrons. The summed E-state index contributed by atoms with van der Waals surface area (Å²) in [5.41, 5.74) is 0.965. The molecule has 1 heterocycles. The minimum Gasteiger partial charge on any atom is -0.321 e. The van der Waals surface area contributed by atoms with Gasteiger partial charge in [-0.1, -0.05) is 0 Å². The third-order valence-electron chi connectivity index (χ3n) is 0.771. The van der Waals surface area contributed by atoms with E-state index in [1.54, 1.807) is 12.4 Å². The number of rotatable bonds is 1. The van der Waals surface area contributed by atoms with E-state index >= 15 is 0 Å². The number of aromatic nitrogens is 1. The van der Waals surface area contributed by atoms with Gasteiger partial charge in [-0.2, -0.15) is 0 Å². The molecule has 1 aromatic heterocycles. The normalized spacial score (nSPS) is 8.62. The van der Waals surface area contributed by atoms with E-state index in [1.807, 2.05) is 12.1 Å². The zero-order valence-corrected chi connectivity index (χ0v) is 5.72. The molecule has 0 bridgehead atoms. The minimum absolute atomic E-state index is 0.965. The zero-order valence-electron chi connectivity index (χ0n) is 4.13. The van der Waals surface area contributed by atoms with Crippen LogP contribution in [0.2, 0.25) is 0 Å². The summed E-state index contributed by atoms with van der Waals surface area (Å²) in [5.74, 6) is 0. The van der Waals surface area contributed by atoms with Gasteiger partial charge in [0.1, 0.15) is 0 Å². The van der Waals surface area contributed by atoms with E-state index < -0.39 is 0 Å². The van der Waals surface area contributed by atoms with Crippen molar-refractivity contribution in [3.05, 3.63) is 24.5 Å². The van der Waals surface area contributed by atoms with Crippen LogP contribution in [-0.4, -0.2) is 4.98 Å². The minimum atomic E-state index is 0.965. The smallest absolute Gasteiger partial charge is 0.0625 e. The summed E-state index contributed by atoms with van der Waals surface area (Å²) in [5, 5.41) is 0. The van der Waals surface area contributed by atoms with E-state index in [2.05, 4.69) is 25.5 Å². The molecule has 0 aliphatic rings. The highest BCUT2D eigenvalue weighted by molar-refractivity contribution is 9.10. The Morgan fingerprint density at radius 3 is 2.88 bits per heavy atom. The summed E-state index contributed by atoms with van der Waals surface area (Å²) in [6.45, 7) is 0. The lowest BCUT2D eigenvalue weighted by atomic mass is 10.4. The molecule has 0 amide bonds. The lowest BCUT2D eigenvalue weighted by Crippen LogP contribution is -1.77. The number of hydrogen-bond acceptors (Lipinski definition) is 2. The summed E-state index contributed by atoms with van der Waals surface area (Å²) in [6.07, 6.45) is 3.46. The maximum Gasteiger partial charge on any atom is 0.0625 e. The van der Waals surface area contributed by atoms with E-state index in [9.17, 15) is 0 Å². The van der Waals surface area contributed by atoms with Crippen molar-refractivity contribution in [3.63, 3.8) is 0 Å². The Hall–Kier alpha value is -0.570. The van der Waals surface area contributed by atoms with Gasteiger partial charge in [-0.15, -0.1) is 0 Å². The molecule has 0 spiro atoms. The van der Waals surface area contributed by atoms with E-state index in [0.29, 0.717) is 0 Å². The topological polar surface area (TPSA) is 24.9 Å². The third kappa shape index (κ3) is 1.20. The number of halogens is 1. The van der Waals surface area contributed by atoms with Gasteiger partial charge in [-0.25, -0.2) is 0 Å². The van der Waals surface area contributed by atoms with Gasteiger partial charge in [0, 0.05) is 22.3 Å². The second kappa shape index (κ2) is 2.67. The van der Waals surface area contributed by atoms with E-state index in [-0.39, 0.29) is 0 Å². The Balaban J connectivity index is 2.83. The van der Waals surface area contributed by atoms with Crippen LogP contribution in [0.25, 0.3) is 0 Å². The van der Waals surface area contributed by atoms with Crippen LogP contribution in [0.5, 0.6) is 0 Å². The van der Waals surface area contributed by atoms with Gasteiger partial charge >= 0.3 is 0 Å². The molecule has 0 saturated heterocycles. The summed E-state index contributed by atoms with van der Waals surface area (Å²) >= 11 is 3.07. The third-order valence-corrected chi connectivity index (χ3v) is 1.23. The van der Waals surface area contributed by atoms with Gasteiger partial charge in [-0.05, 0) is 12.1 Å². The molecular formula is C5H5BrN2. The Kier molecular flexibility index (Phi) is 1.86. The SMILES string of the molecule is BrNc1cccnc1. The largest absolute Gasteiger partial charge is 0.321 e. The number of nitrogens with zero attached hydrogens (tertiary/aromatic N) is 1. The molecule has 0 fully saturated rings. The highest BCUT2D eigenvalue weighted by Gasteiger charge is 1.80. The van der Waals surface area contributed by atoms with Crippen LogP contribution in [0.3, 0.4) is 0 Å². The second-order valence-electron chi connectivity index (χ2n) is 1.34. The fraction of sp³-hybridized carbons (Fsp3) is 0. The fourth-order valence-corrected chi connectivity index (χ4v) is 0.653. The first-order valence-corrected chi connectivity index (χ1v) is 2.99. The molecule has 1 rings (SSSR count). The standard InChI is InChI=1S/C5H5BrN2/c6-8-5-2-1-3-7-4-5/h1-4,8H. The van der Waals surface area contributed by atoms with Gasteiger partial charge in [-0.3, -0.25) is 4.98 Å². The molecule has 0 unspecified atom stereocenters. The lowest BCUT2D eigenvalue weighted by molar-refractivity contribution is 1.33. The van der Waals surface area contributed by atoms with E-state index in [4.69, 9.17) is 0 Å². The zero-order chi connectivity index (χ0) is 5.82. The molecule has 0 atom stereocenters. The highest BCUT2D eigenvalue weighted by Crippen LogP contribution is 2.03. The van der Waals surface area contributed by atoms with E-state index in [1.165, 1.54) is 0 Å². The van der Waals surface area contributed by atoms with Crippen molar-refractivity contribution in [3.8, 4) is 0 Å². The first-order valence-electron chi connectivity index (χ1n) is 2.20. The van der Waals surface area contributed by atoms with Gasteiger partial charge < -0.3 is 4.34 Å². The van der Waals surface area contributed by atoms with Crippen molar-refractivity contribution in [2.45, 2.75) is 0 Å². The first kappa shape index (κ1) is 5.56. The molecule has 42 valence electrons. The van der Waals surface area contributed by atoms with Crippen LogP contribution in [0.4, 0.5) is 5.69 Å². The summed E-state index contributed by atoms with van der Waals surface area (Å²) in [7, 11) is 0. The number of hydrogen-bond donors (Lipinski definition) is 1. The van der Waals surface area contributed by atoms with Crippen LogP contribution in [0, 0.1) is 0 Å². The van der Waals surface area contributed by atoms with Crippen LogP contribution in [-0.2, 0) is 0 Å². The lowest BCUT2D eigenvalue weighted by Gasteiger charge is -1.91. The monoisotopic (exact) mass is 172 g/mol. The molecule has 8 heavy (non-hydrogen) atoms. The number of nitrogens with one attached hydrogen (secondary N) is 1. The van der Waals surface area contributed by atoms with Crippen molar-refractivity contribution in [1.29, 1.82) is 0 Å². The van der Waals surface area contributed by atoms with Crippen LogP contribution in [0.15, 0.2) is 24.5 Å². The van der Waals surface area contributed by atoms with Crippen LogP contribution < -0.4 is 4.34 Å². The quantitative estimate of drug-likeness (QED) is 0.655. The second-order valence-corrected chi connectivity index (χ2v) is 1.73. The Bertz CT molecular complexity index is 152. The van der Waals surface area contributed by atoms with Gasteiger partial charge in [0.2, 0.25) is 0 Å². The van der Waals surface area contributed by atoms with Gasteiger partial charge in [0.25, 0.3) is 0 Å². The van der Waals surface area contributed by atoms with E-state index in [0.717, 1.165) is 5.69 Å². The number of anilines is 1. The molecular weight excluding hydrogens is 168 g/mol. The summed E-state index contributed by atoms with van der Waals surface area (Å²) in [6, 6.07) is 3.78. The van der Waals surface area contributed by atoms with Crippen LogP contribution in [0.1, 0.15) is 0 Å². The average molecular weight is 173 g/mol. The molecule has 0 saturated carbocycles. The van der Waals surface area contributed by atoms with Gasteiger partial charge in [0.15, 0.2) is 0 Å². The molecule has 0 aromatic carbocycles. The van der Waals surface area contributed by atoms with Crippen molar-refractivity contribution in [2.24, 2.45) is 0 Å². The van der Waals surface area contributed by atoms with Crippen molar-refractivity contribution in [1.82, 2.24) is 4.98 Å².